The van der Waals surface area contributed by atoms with Gasteiger partial charge in [0.25, 0.3) is 15.9 Å². The Bertz CT molecular complexity index is 1280. The molecule has 1 aromatic heterocycles. The fourth-order valence-electron chi connectivity index (χ4n) is 3.37. The molecule has 1 amide bonds. The molecule has 34 heavy (non-hydrogen) atoms. The summed E-state index contributed by atoms with van der Waals surface area (Å²) in [6.07, 6.45) is 0. The summed E-state index contributed by atoms with van der Waals surface area (Å²) in [4.78, 5) is 13.7. The van der Waals surface area contributed by atoms with Gasteiger partial charge >= 0.3 is 0 Å². The number of methoxy groups -OCH3 is 2. The van der Waals surface area contributed by atoms with E-state index in [-0.39, 0.29) is 10.6 Å². The van der Waals surface area contributed by atoms with E-state index in [1.54, 1.807) is 19.1 Å². The van der Waals surface area contributed by atoms with Crippen molar-refractivity contribution in [2.75, 3.05) is 25.1 Å². The highest BCUT2D eigenvalue weighted by atomic mass is 32.2. The molecule has 0 unspecified atom stereocenters. The molecule has 10 heteroatoms. The molecular weight excluding hydrogens is 474 g/mol. The lowest BCUT2D eigenvalue weighted by Crippen LogP contribution is -2.39. The van der Waals surface area contributed by atoms with Gasteiger partial charge in [-0.1, -0.05) is 12.1 Å². The monoisotopic (exact) mass is 501 g/mol. The molecule has 0 aliphatic rings. The van der Waals surface area contributed by atoms with E-state index < -0.39 is 22.5 Å². The molecule has 0 saturated heterocycles. The number of benzene rings is 2. The number of thiophene rings is 1. The molecular formula is C24H27N3O5S2. The number of hydrogen-bond acceptors (Lipinski definition) is 7. The smallest absolute Gasteiger partial charge is 0.264 e. The van der Waals surface area contributed by atoms with Crippen LogP contribution in [-0.2, 0) is 14.8 Å². The van der Waals surface area contributed by atoms with Crippen LogP contribution in [0.5, 0.6) is 11.5 Å². The molecule has 1 N–H and O–H groups in total. The molecule has 3 rings (SSSR count). The third kappa shape index (κ3) is 5.75. The van der Waals surface area contributed by atoms with Crippen molar-refractivity contribution in [3.63, 3.8) is 0 Å². The third-order valence-corrected chi connectivity index (χ3v) is 7.70. The first-order chi connectivity index (χ1) is 16.1. The van der Waals surface area contributed by atoms with Crippen LogP contribution in [0.2, 0.25) is 0 Å². The van der Waals surface area contributed by atoms with Crippen molar-refractivity contribution >= 4 is 38.7 Å². The zero-order chi connectivity index (χ0) is 24.9. The quantitative estimate of drug-likeness (QED) is 0.351. The Morgan fingerprint density at radius 3 is 2.29 bits per heavy atom. The van der Waals surface area contributed by atoms with Crippen LogP contribution in [0, 0.1) is 13.8 Å². The van der Waals surface area contributed by atoms with Gasteiger partial charge in [-0.05, 0) is 67.6 Å². The summed E-state index contributed by atoms with van der Waals surface area (Å²) < 4.78 is 39.0. The van der Waals surface area contributed by atoms with Gasteiger partial charge in [0, 0.05) is 10.9 Å². The Morgan fingerprint density at radius 1 is 1.03 bits per heavy atom. The first-order valence-corrected chi connectivity index (χ1v) is 12.7. The van der Waals surface area contributed by atoms with Crippen LogP contribution >= 0.6 is 11.3 Å². The van der Waals surface area contributed by atoms with Gasteiger partial charge in [-0.25, -0.2) is 13.8 Å². The summed E-state index contributed by atoms with van der Waals surface area (Å²) in [6, 6.07) is 13.5. The minimum absolute atomic E-state index is 0.0321. The lowest BCUT2D eigenvalue weighted by atomic mass is 10.1. The second-order valence-electron chi connectivity index (χ2n) is 7.58. The van der Waals surface area contributed by atoms with E-state index in [1.165, 1.54) is 43.8 Å². The number of aryl methyl sites for hydroxylation is 2. The van der Waals surface area contributed by atoms with Gasteiger partial charge in [0.2, 0.25) is 0 Å². The van der Waals surface area contributed by atoms with Crippen molar-refractivity contribution in [2.45, 2.75) is 25.7 Å². The van der Waals surface area contributed by atoms with Crippen LogP contribution in [0.15, 0.2) is 63.9 Å². The molecule has 0 aliphatic heterocycles. The molecule has 0 saturated carbocycles. The maximum Gasteiger partial charge on any atom is 0.264 e. The SMILES string of the molecule is COc1ccc(S(=O)(=O)N(CC(=O)N/N=C(\C)c2cccs2)c2cc(C)cc(C)c2)cc1OC. The van der Waals surface area contributed by atoms with Gasteiger partial charge < -0.3 is 9.47 Å². The van der Waals surface area contributed by atoms with E-state index in [0.717, 1.165) is 20.3 Å². The molecule has 0 atom stereocenters. The van der Waals surface area contributed by atoms with E-state index in [0.29, 0.717) is 17.1 Å². The Labute approximate surface area is 203 Å². The number of anilines is 1. The largest absolute Gasteiger partial charge is 0.493 e. The van der Waals surface area contributed by atoms with Crippen molar-refractivity contribution in [1.82, 2.24) is 5.43 Å². The van der Waals surface area contributed by atoms with E-state index in [1.807, 2.05) is 37.4 Å². The molecule has 8 nitrogen and oxygen atoms in total. The third-order valence-electron chi connectivity index (χ3n) is 4.95. The summed E-state index contributed by atoms with van der Waals surface area (Å²) in [6.45, 7) is 5.05. The predicted octanol–water partition coefficient (Wildman–Crippen LogP) is 4.12. The normalized spacial score (nSPS) is 11.7. The van der Waals surface area contributed by atoms with Gasteiger partial charge in [0.05, 0.1) is 30.5 Å². The number of nitrogens with one attached hydrogen (secondary N) is 1. The zero-order valence-electron chi connectivity index (χ0n) is 19.7. The van der Waals surface area contributed by atoms with Crippen molar-refractivity contribution in [3.05, 3.63) is 69.9 Å². The molecule has 180 valence electrons. The molecule has 1 heterocycles. The van der Waals surface area contributed by atoms with Crippen LogP contribution < -0.4 is 19.2 Å². The minimum atomic E-state index is -4.13. The number of nitrogens with zero attached hydrogens (tertiary/aromatic N) is 2. The molecule has 0 bridgehead atoms. The fourth-order valence-corrected chi connectivity index (χ4v) is 5.46. The maximum atomic E-state index is 13.7. The topological polar surface area (TPSA) is 97.3 Å². The zero-order valence-corrected chi connectivity index (χ0v) is 21.3. The fraction of sp³-hybridized carbons (Fsp3) is 0.250. The van der Waals surface area contributed by atoms with Gasteiger partial charge in [-0.2, -0.15) is 5.10 Å². The number of ether oxygens (including phenoxy) is 2. The van der Waals surface area contributed by atoms with E-state index in [4.69, 9.17) is 9.47 Å². The number of rotatable bonds is 9. The Morgan fingerprint density at radius 2 is 1.71 bits per heavy atom. The van der Waals surface area contributed by atoms with Crippen molar-refractivity contribution in [2.24, 2.45) is 5.10 Å². The first-order valence-electron chi connectivity index (χ1n) is 10.4. The second-order valence-corrected chi connectivity index (χ2v) is 10.4. The van der Waals surface area contributed by atoms with Crippen molar-refractivity contribution in [3.8, 4) is 11.5 Å². The summed E-state index contributed by atoms with van der Waals surface area (Å²) in [5, 5.41) is 6.03. The van der Waals surface area contributed by atoms with Gasteiger partial charge in [0.1, 0.15) is 6.54 Å². The molecule has 2 aromatic carbocycles. The Hall–Kier alpha value is -3.37. The lowest BCUT2D eigenvalue weighted by Gasteiger charge is -2.25. The predicted molar refractivity (Wildman–Crippen MR) is 135 cm³/mol. The summed E-state index contributed by atoms with van der Waals surface area (Å²) in [7, 11) is -1.23. The van der Waals surface area contributed by atoms with Crippen molar-refractivity contribution < 1.29 is 22.7 Å². The van der Waals surface area contributed by atoms with Gasteiger partial charge in [-0.3, -0.25) is 9.10 Å². The van der Waals surface area contributed by atoms with Crippen LogP contribution in [-0.4, -0.2) is 40.8 Å². The van der Waals surface area contributed by atoms with Gasteiger partial charge in [-0.15, -0.1) is 11.3 Å². The van der Waals surface area contributed by atoms with Crippen molar-refractivity contribution in [1.29, 1.82) is 0 Å². The van der Waals surface area contributed by atoms with Gasteiger partial charge in [0.15, 0.2) is 11.5 Å². The molecule has 0 spiro atoms. The van der Waals surface area contributed by atoms with Crippen LogP contribution in [0.4, 0.5) is 5.69 Å². The minimum Gasteiger partial charge on any atom is -0.493 e. The number of hydrogen-bond donors (Lipinski definition) is 1. The van der Waals surface area contributed by atoms with Crippen LogP contribution in [0.1, 0.15) is 22.9 Å². The highest BCUT2D eigenvalue weighted by Crippen LogP contribution is 2.32. The number of carbonyl (C=O) groups is 1. The molecule has 3 aromatic rings. The van der Waals surface area contributed by atoms with E-state index >= 15 is 0 Å². The first kappa shape index (κ1) is 25.3. The van der Waals surface area contributed by atoms with E-state index in [9.17, 15) is 13.2 Å². The summed E-state index contributed by atoms with van der Waals surface area (Å²) >= 11 is 1.49. The Balaban J connectivity index is 1.98. The van der Waals surface area contributed by atoms with Crippen LogP contribution in [0.25, 0.3) is 0 Å². The molecule has 0 fully saturated rings. The standard InChI is InChI=1S/C24H27N3O5S2/c1-16-11-17(2)13-19(12-16)27(15-24(28)26-25-18(3)23-7-6-10-33-23)34(29,30)20-8-9-21(31-4)22(14-20)32-5/h6-14H,15H2,1-5H3,(H,26,28)/b25-18+. The van der Waals surface area contributed by atoms with E-state index in [2.05, 4.69) is 10.5 Å². The highest BCUT2D eigenvalue weighted by molar-refractivity contribution is 7.92. The number of amides is 1. The number of hydrazone groups is 1. The molecule has 0 aliphatic carbocycles. The average Bonchev–Trinajstić information content (AvgIpc) is 3.34. The molecule has 0 radical (unpaired) electrons. The number of sulfonamides is 1. The summed E-state index contributed by atoms with van der Waals surface area (Å²) in [5.74, 6) is 0.0965. The second kappa shape index (κ2) is 10.7. The Kier molecular flexibility index (Phi) is 7.95. The van der Waals surface area contributed by atoms with Crippen LogP contribution in [0.3, 0.4) is 0 Å². The average molecular weight is 502 g/mol. The maximum absolute atomic E-state index is 13.7. The summed E-state index contributed by atoms with van der Waals surface area (Å²) in [5.41, 5.74) is 5.21. The number of carbonyl (C=O) groups excluding carboxylic acids is 1. The lowest BCUT2D eigenvalue weighted by molar-refractivity contribution is -0.119. The highest BCUT2D eigenvalue weighted by Gasteiger charge is 2.28.